The fourth-order valence-electron chi connectivity index (χ4n) is 2.44. The van der Waals surface area contributed by atoms with E-state index in [2.05, 4.69) is 20.3 Å². The number of aromatic hydroxyl groups is 1. The maximum atomic E-state index is 13.8. The molecule has 4 rings (SSSR count). The van der Waals surface area contributed by atoms with Crippen molar-refractivity contribution in [1.82, 2.24) is 15.0 Å². The van der Waals surface area contributed by atoms with Crippen molar-refractivity contribution in [2.24, 2.45) is 0 Å². The summed E-state index contributed by atoms with van der Waals surface area (Å²) in [5, 5.41) is 12.3. The molecule has 2 aromatic heterocycles. The van der Waals surface area contributed by atoms with Gasteiger partial charge in [-0.1, -0.05) is 12.1 Å². The molecule has 0 aliphatic rings. The number of benzene rings is 2. The molecule has 0 amide bonds. The number of fused-ring (bicyclic) bond motifs is 1. The highest BCUT2D eigenvalue weighted by Gasteiger charge is 2.07. The van der Waals surface area contributed by atoms with Gasteiger partial charge >= 0.3 is 0 Å². The highest BCUT2D eigenvalue weighted by Crippen LogP contribution is 2.23. The van der Waals surface area contributed by atoms with Crippen LogP contribution < -0.4 is 5.32 Å². The lowest BCUT2D eigenvalue weighted by Gasteiger charge is -2.08. The van der Waals surface area contributed by atoms with Crippen molar-refractivity contribution in [3.8, 4) is 17.0 Å². The molecular weight excluding hydrogens is 319 g/mol. The molecule has 0 aliphatic heterocycles. The van der Waals surface area contributed by atoms with Gasteiger partial charge in [0.15, 0.2) is 5.65 Å². The monoisotopic (exact) mass is 332 g/mol. The minimum atomic E-state index is -0.353. The van der Waals surface area contributed by atoms with E-state index in [1.165, 1.54) is 6.07 Å². The van der Waals surface area contributed by atoms with E-state index in [0.717, 1.165) is 5.56 Å². The van der Waals surface area contributed by atoms with E-state index < -0.39 is 0 Å². The molecule has 6 heteroatoms. The van der Waals surface area contributed by atoms with Crippen molar-refractivity contribution in [2.45, 2.75) is 0 Å². The van der Waals surface area contributed by atoms with Gasteiger partial charge in [-0.05, 0) is 48.5 Å². The normalized spacial score (nSPS) is 10.8. The minimum Gasteiger partial charge on any atom is -0.508 e. The summed E-state index contributed by atoms with van der Waals surface area (Å²) in [6, 6.07) is 16.6. The maximum Gasteiger partial charge on any atom is 0.180 e. The Kier molecular flexibility index (Phi) is 3.70. The Morgan fingerprint density at radius 1 is 0.880 bits per heavy atom. The summed E-state index contributed by atoms with van der Waals surface area (Å²) in [4.78, 5) is 13.3. The van der Waals surface area contributed by atoms with Gasteiger partial charge in [-0.25, -0.2) is 14.4 Å². The summed E-state index contributed by atoms with van der Waals surface area (Å²) < 4.78 is 13.8. The molecule has 0 bridgehead atoms. The summed E-state index contributed by atoms with van der Waals surface area (Å²) in [5.41, 5.74) is 2.90. The van der Waals surface area contributed by atoms with Crippen LogP contribution in [0.2, 0.25) is 0 Å². The van der Waals surface area contributed by atoms with E-state index in [1.807, 2.05) is 0 Å². The first-order chi connectivity index (χ1) is 12.2. The molecule has 2 heterocycles. The Morgan fingerprint density at radius 3 is 2.48 bits per heavy atom. The summed E-state index contributed by atoms with van der Waals surface area (Å²) in [7, 11) is 0. The van der Waals surface area contributed by atoms with Gasteiger partial charge in [-0.15, -0.1) is 0 Å². The molecule has 0 fully saturated rings. The number of phenolic OH excluding ortho intramolecular Hbond substituents is 1. The zero-order valence-electron chi connectivity index (χ0n) is 13.0. The van der Waals surface area contributed by atoms with Crippen LogP contribution in [0.3, 0.4) is 0 Å². The van der Waals surface area contributed by atoms with Gasteiger partial charge in [-0.3, -0.25) is 4.98 Å². The van der Waals surface area contributed by atoms with Crippen molar-refractivity contribution in [1.29, 1.82) is 0 Å². The zero-order valence-corrected chi connectivity index (χ0v) is 13.0. The fourth-order valence-corrected chi connectivity index (χ4v) is 2.44. The second-order valence-electron chi connectivity index (χ2n) is 5.45. The fraction of sp³-hybridized carbons (Fsp3) is 0. The van der Waals surface area contributed by atoms with Crippen LogP contribution in [0.15, 0.2) is 66.9 Å². The van der Waals surface area contributed by atoms with Gasteiger partial charge in [0.25, 0.3) is 0 Å². The Labute approximate surface area is 142 Å². The molecule has 122 valence electrons. The van der Waals surface area contributed by atoms with E-state index >= 15 is 0 Å². The van der Waals surface area contributed by atoms with Crippen molar-refractivity contribution >= 4 is 22.7 Å². The Hall–Kier alpha value is -3.54. The average Bonchev–Trinajstić information content (AvgIpc) is 2.64. The molecule has 0 atom stereocenters. The third-order valence-corrected chi connectivity index (χ3v) is 3.71. The van der Waals surface area contributed by atoms with Crippen molar-refractivity contribution in [2.75, 3.05) is 5.32 Å². The van der Waals surface area contributed by atoms with Crippen LogP contribution in [0.25, 0.3) is 22.4 Å². The highest BCUT2D eigenvalue weighted by atomic mass is 19.1. The maximum absolute atomic E-state index is 13.8. The summed E-state index contributed by atoms with van der Waals surface area (Å²) >= 11 is 0. The molecule has 0 spiro atoms. The van der Waals surface area contributed by atoms with Crippen LogP contribution in [0.5, 0.6) is 5.75 Å². The van der Waals surface area contributed by atoms with Crippen LogP contribution >= 0.6 is 0 Å². The molecule has 25 heavy (non-hydrogen) atoms. The van der Waals surface area contributed by atoms with Crippen LogP contribution in [-0.2, 0) is 0 Å². The van der Waals surface area contributed by atoms with Gasteiger partial charge in [0.05, 0.1) is 17.6 Å². The van der Waals surface area contributed by atoms with Crippen LogP contribution in [0, 0.1) is 5.82 Å². The number of nitrogens with zero attached hydrogens (tertiary/aromatic N) is 3. The van der Waals surface area contributed by atoms with Crippen LogP contribution in [0.1, 0.15) is 0 Å². The number of pyridine rings is 1. The number of para-hydroxylation sites is 1. The lowest BCUT2D eigenvalue weighted by molar-refractivity contribution is 0.475. The molecule has 2 N–H and O–H groups in total. The molecular formula is C19H13FN4O. The molecule has 0 saturated carbocycles. The Morgan fingerprint density at radius 2 is 1.68 bits per heavy atom. The van der Waals surface area contributed by atoms with Gasteiger partial charge in [0, 0.05) is 5.56 Å². The first-order valence-electron chi connectivity index (χ1n) is 7.64. The zero-order chi connectivity index (χ0) is 17.2. The van der Waals surface area contributed by atoms with Crippen LogP contribution in [-0.4, -0.2) is 20.1 Å². The number of halogens is 1. The molecule has 0 unspecified atom stereocenters. The second kappa shape index (κ2) is 6.16. The number of rotatable bonds is 3. The average molecular weight is 332 g/mol. The largest absolute Gasteiger partial charge is 0.508 e. The van der Waals surface area contributed by atoms with E-state index in [1.54, 1.807) is 60.8 Å². The van der Waals surface area contributed by atoms with E-state index in [-0.39, 0.29) is 11.6 Å². The minimum absolute atomic E-state index is 0.187. The molecule has 4 aromatic rings. The molecule has 0 saturated heterocycles. The number of nitrogens with one attached hydrogen (secondary N) is 1. The Bertz CT molecular complexity index is 1050. The number of hydrogen-bond donors (Lipinski definition) is 2. The predicted octanol–water partition coefficient (Wildman–Crippen LogP) is 4.28. The standard InChI is InChI=1S/C19H13FN4O/c20-14-3-1-2-4-15(14)22-18-10-9-16-19(24-18)23-17(11-21-16)12-5-7-13(25)8-6-12/h1-11,25H,(H,22,23,24). The molecule has 5 nitrogen and oxygen atoms in total. The third-order valence-electron chi connectivity index (χ3n) is 3.71. The summed E-state index contributed by atoms with van der Waals surface area (Å²) in [5.74, 6) is 0.315. The topological polar surface area (TPSA) is 70.9 Å². The van der Waals surface area contributed by atoms with Crippen LogP contribution in [0.4, 0.5) is 15.9 Å². The number of anilines is 2. The number of hydrogen-bond acceptors (Lipinski definition) is 5. The smallest absolute Gasteiger partial charge is 0.180 e. The van der Waals surface area contributed by atoms with Gasteiger partial charge < -0.3 is 10.4 Å². The van der Waals surface area contributed by atoms with Gasteiger partial charge in [0.1, 0.15) is 22.9 Å². The second-order valence-corrected chi connectivity index (χ2v) is 5.45. The van der Waals surface area contributed by atoms with Crippen molar-refractivity contribution < 1.29 is 9.50 Å². The highest BCUT2D eigenvalue weighted by molar-refractivity contribution is 5.76. The first-order valence-corrected chi connectivity index (χ1v) is 7.64. The lowest BCUT2D eigenvalue weighted by Crippen LogP contribution is -1.98. The van der Waals surface area contributed by atoms with Crippen molar-refractivity contribution in [3.63, 3.8) is 0 Å². The van der Waals surface area contributed by atoms with E-state index in [0.29, 0.717) is 28.4 Å². The SMILES string of the molecule is Oc1ccc(-c2cnc3ccc(Nc4ccccc4F)nc3n2)cc1. The van der Waals surface area contributed by atoms with Gasteiger partial charge in [0.2, 0.25) is 0 Å². The Balaban J connectivity index is 1.71. The van der Waals surface area contributed by atoms with Crippen molar-refractivity contribution in [3.05, 3.63) is 72.7 Å². The van der Waals surface area contributed by atoms with E-state index in [9.17, 15) is 9.50 Å². The summed E-state index contributed by atoms with van der Waals surface area (Å²) in [6.45, 7) is 0. The lowest BCUT2D eigenvalue weighted by atomic mass is 10.1. The molecule has 0 radical (unpaired) electrons. The molecule has 0 aliphatic carbocycles. The van der Waals surface area contributed by atoms with Gasteiger partial charge in [-0.2, -0.15) is 0 Å². The predicted molar refractivity (Wildman–Crippen MR) is 94.1 cm³/mol. The number of phenols is 1. The van der Waals surface area contributed by atoms with E-state index in [4.69, 9.17) is 0 Å². The third kappa shape index (κ3) is 3.10. The quantitative estimate of drug-likeness (QED) is 0.586. The summed E-state index contributed by atoms with van der Waals surface area (Å²) in [6.07, 6.45) is 1.65. The molecule has 2 aromatic carbocycles. The first kappa shape index (κ1) is 15.0. The number of aromatic nitrogens is 3.